The summed E-state index contributed by atoms with van der Waals surface area (Å²) in [5.41, 5.74) is 0. The molecule has 0 aromatic rings. The average Bonchev–Trinajstić information content (AvgIpc) is 2.13. The standard InChI is InChI=1S/C9H19O5P/c1-2-3-4-5-7-14-9(10)6-8-15(11,12)13/h2-8H2,1H3,(H2,11,12,13). The van der Waals surface area contributed by atoms with Crippen molar-refractivity contribution in [1.82, 2.24) is 0 Å². The van der Waals surface area contributed by atoms with Gasteiger partial charge in [0.05, 0.1) is 19.2 Å². The zero-order valence-electron chi connectivity index (χ0n) is 9.02. The smallest absolute Gasteiger partial charge is 0.326 e. The van der Waals surface area contributed by atoms with E-state index in [1.807, 2.05) is 0 Å². The van der Waals surface area contributed by atoms with Crippen LogP contribution in [0.1, 0.15) is 39.0 Å². The minimum absolute atomic E-state index is 0.210. The molecule has 0 saturated heterocycles. The van der Waals surface area contributed by atoms with Gasteiger partial charge in [0.15, 0.2) is 0 Å². The van der Waals surface area contributed by atoms with Gasteiger partial charge >= 0.3 is 13.6 Å². The molecule has 0 aliphatic heterocycles. The quantitative estimate of drug-likeness (QED) is 0.382. The summed E-state index contributed by atoms with van der Waals surface area (Å²) in [6.07, 6.45) is 3.42. The molecule has 0 aromatic heterocycles. The Kier molecular flexibility index (Phi) is 7.65. The van der Waals surface area contributed by atoms with Gasteiger partial charge in [-0.25, -0.2) is 0 Å². The highest BCUT2D eigenvalue weighted by atomic mass is 31.2. The fraction of sp³-hybridized carbons (Fsp3) is 0.889. The second kappa shape index (κ2) is 7.85. The first-order valence-corrected chi connectivity index (χ1v) is 6.95. The van der Waals surface area contributed by atoms with Crippen LogP contribution in [0.25, 0.3) is 0 Å². The van der Waals surface area contributed by atoms with Gasteiger partial charge in [0, 0.05) is 0 Å². The van der Waals surface area contributed by atoms with Crippen LogP contribution in [0.4, 0.5) is 0 Å². The van der Waals surface area contributed by atoms with Crippen molar-refractivity contribution in [2.24, 2.45) is 0 Å². The summed E-state index contributed by atoms with van der Waals surface area (Å²) >= 11 is 0. The lowest BCUT2D eigenvalue weighted by molar-refractivity contribution is -0.143. The summed E-state index contributed by atoms with van der Waals surface area (Å²) < 4.78 is 15.2. The Bertz CT molecular complexity index is 223. The largest absolute Gasteiger partial charge is 0.466 e. The van der Waals surface area contributed by atoms with Crippen LogP contribution in [0.15, 0.2) is 0 Å². The minimum Gasteiger partial charge on any atom is -0.466 e. The van der Waals surface area contributed by atoms with Gasteiger partial charge in [-0.1, -0.05) is 26.2 Å². The van der Waals surface area contributed by atoms with Crippen LogP contribution in [0, 0.1) is 0 Å². The fourth-order valence-electron chi connectivity index (χ4n) is 1.02. The second-order valence-electron chi connectivity index (χ2n) is 3.42. The molecule has 6 heteroatoms. The van der Waals surface area contributed by atoms with Crippen LogP contribution in [-0.2, 0) is 14.1 Å². The van der Waals surface area contributed by atoms with E-state index in [9.17, 15) is 9.36 Å². The van der Waals surface area contributed by atoms with E-state index < -0.39 is 19.7 Å². The van der Waals surface area contributed by atoms with E-state index in [2.05, 4.69) is 6.92 Å². The number of carbonyl (C=O) groups is 1. The normalized spacial score (nSPS) is 11.4. The first-order valence-electron chi connectivity index (χ1n) is 5.16. The zero-order valence-corrected chi connectivity index (χ0v) is 9.91. The monoisotopic (exact) mass is 238 g/mol. The second-order valence-corrected chi connectivity index (χ2v) is 5.20. The molecular formula is C9H19O5P. The van der Waals surface area contributed by atoms with Gasteiger partial charge in [-0.2, -0.15) is 0 Å². The Morgan fingerprint density at radius 2 is 1.93 bits per heavy atom. The number of esters is 1. The molecule has 0 aliphatic rings. The Labute approximate surface area is 90.0 Å². The van der Waals surface area contributed by atoms with E-state index in [0.717, 1.165) is 25.7 Å². The number of ether oxygens (including phenoxy) is 1. The maximum absolute atomic E-state index is 11.0. The molecule has 0 unspecified atom stereocenters. The lowest BCUT2D eigenvalue weighted by Gasteiger charge is -2.05. The van der Waals surface area contributed by atoms with Gasteiger partial charge in [0.1, 0.15) is 0 Å². The molecule has 0 spiro atoms. The molecule has 0 heterocycles. The third kappa shape index (κ3) is 11.5. The number of hydrogen-bond acceptors (Lipinski definition) is 3. The summed E-state index contributed by atoms with van der Waals surface area (Å²) in [5.74, 6) is -0.533. The summed E-state index contributed by atoms with van der Waals surface area (Å²) in [6, 6.07) is 0. The molecule has 5 nitrogen and oxygen atoms in total. The van der Waals surface area contributed by atoms with Crippen molar-refractivity contribution in [3.05, 3.63) is 0 Å². The SMILES string of the molecule is CCCCCCOC(=O)CCP(=O)(O)O. The Morgan fingerprint density at radius 3 is 2.47 bits per heavy atom. The first-order chi connectivity index (χ1) is 6.95. The maximum atomic E-state index is 11.0. The van der Waals surface area contributed by atoms with Crippen LogP contribution in [0.3, 0.4) is 0 Å². The lowest BCUT2D eigenvalue weighted by Crippen LogP contribution is -2.08. The Morgan fingerprint density at radius 1 is 1.27 bits per heavy atom. The molecule has 0 atom stereocenters. The maximum Gasteiger partial charge on any atom is 0.326 e. The number of hydrogen-bond donors (Lipinski definition) is 2. The fourth-order valence-corrected chi connectivity index (χ4v) is 1.50. The van der Waals surface area contributed by atoms with E-state index >= 15 is 0 Å². The van der Waals surface area contributed by atoms with Crippen LogP contribution in [-0.4, -0.2) is 28.5 Å². The van der Waals surface area contributed by atoms with Gasteiger partial charge in [-0.05, 0) is 6.42 Å². The van der Waals surface area contributed by atoms with E-state index in [-0.39, 0.29) is 6.42 Å². The average molecular weight is 238 g/mol. The predicted molar refractivity (Wildman–Crippen MR) is 56.6 cm³/mol. The molecule has 0 fully saturated rings. The molecule has 2 N–H and O–H groups in total. The topological polar surface area (TPSA) is 83.8 Å². The van der Waals surface area contributed by atoms with Crippen molar-refractivity contribution in [2.45, 2.75) is 39.0 Å². The molecular weight excluding hydrogens is 219 g/mol. The van der Waals surface area contributed by atoms with Crippen molar-refractivity contribution < 1.29 is 23.9 Å². The van der Waals surface area contributed by atoms with Crippen LogP contribution in [0.5, 0.6) is 0 Å². The van der Waals surface area contributed by atoms with E-state index in [0.29, 0.717) is 6.61 Å². The highest BCUT2D eigenvalue weighted by molar-refractivity contribution is 7.51. The Hall–Kier alpha value is -0.380. The summed E-state index contributed by atoms with van der Waals surface area (Å²) in [6.45, 7) is 2.44. The van der Waals surface area contributed by atoms with Crippen LogP contribution >= 0.6 is 7.60 Å². The number of unbranched alkanes of at least 4 members (excludes halogenated alkanes) is 3. The van der Waals surface area contributed by atoms with Crippen molar-refractivity contribution in [1.29, 1.82) is 0 Å². The van der Waals surface area contributed by atoms with Gasteiger partial charge in [0.2, 0.25) is 0 Å². The van der Waals surface area contributed by atoms with Crippen molar-refractivity contribution in [2.75, 3.05) is 12.8 Å². The van der Waals surface area contributed by atoms with Crippen molar-refractivity contribution in [3.8, 4) is 0 Å². The number of rotatable bonds is 8. The summed E-state index contributed by atoms with van der Waals surface area (Å²) in [4.78, 5) is 28.0. The van der Waals surface area contributed by atoms with Crippen molar-refractivity contribution >= 4 is 13.6 Å². The van der Waals surface area contributed by atoms with Gasteiger partial charge in [-0.3, -0.25) is 9.36 Å². The van der Waals surface area contributed by atoms with E-state index in [1.165, 1.54) is 0 Å². The predicted octanol–water partition coefficient (Wildman–Crippen LogP) is 1.68. The molecule has 0 aliphatic carbocycles. The van der Waals surface area contributed by atoms with Crippen molar-refractivity contribution in [3.63, 3.8) is 0 Å². The molecule has 15 heavy (non-hydrogen) atoms. The summed E-state index contributed by atoms with van der Waals surface area (Å²) in [5, 5.41) is 0. The third-order valence-corrected chi connectivity index (χ3v) is 2.67. The molecule has 0 rings (SSSR count). The molecule has 0 bridgehead atoms. The van der Waals surface area contributed by atoms with E-state index in [1.54, 1.807) is 0 Å². The van der Waals surface area contributed by atoms with E-state index in [4.69, 9.17) is 14.5 Å². The number of carbonyl (C=O) groups excluding carboxylic acids is 1. The lowest BCUT2D eigenvalue weighted by atomic mass is 10.2. The highest BCUT2D eigenvalue weighted by Gasteiger charge is 2.15. The van der Waals surface area contributed by atoms with Gasteiger partial charge in [0.25, 0.3) is 0 Å². The molecule has 90 valence electrons. The summed E-state index contributed by atoms with van der Waals surface area (Å²) in [7, 11) is -4.07. The molecule has 0 aromatic carbocycles. The Balaban J connectivity index is 3.38. The molecule has 0 saturated carbocycles. The first kappa shape index (κ1) is 14.6. The van der Waals surface area contributed by atoms with Crippen LogP contribution < -0.4 is 0 Å². The minimum atomic E-state index is -4.07. The van der Waals surface area contributed by atoms with Gasteiger partial charge in [-0.15, -0.1) is 0 Å². The van der Waals surface area contributed by atoms with Gasteiger partial charge < -0.3 is 14.5 Å². The van der Waals surface area contributed by atoms with Crippen LogP contribution in [0.2, 0.25) is 0 Å². The third-order valence-electron chi connectivity index (χ3n) is 1.87. The zero-order chi connectivity index (χ0) is 11.7. The molecule has 0 amide bonds. The molecule has 0 radical (unpaired) electrons. The highest BCUT2D eigenvalue weighted by Crippen LogP contribution is 2.34.